The zero-order valence-corrected chi connectivity index (χ0v) is 17.3. The van der Waals surface area contributed by atoms with E-state index in [1.54, 1.807) is 0 Å². The van der Waals surface area contributed by atoms with Gasteiger partial charge in [0.05, 0.1) is 6.04 Å². The molecular formula is C21H27N3O2S. The molecule has 1 fully saturated rings. The first-order valence-corrected chi connectivity index (χ1v) is 10.6. The molecule has 3 rings (SSSR count). The van der Waals surface area contributed by atoms with E-state index in [0.29, 0.717) is 29.3 Å². The first kappa shape index (κ1) is 19.7. The van der Waals surface area contributed by atoms with Gasteiger partial charge in [-0.3, -0.25) is 9.59 Å². The molecule has 2 aromatic rings. The van der Waals surface area contributed by atoms with Crippen LogP contribution in [0.25, 0.3) is 0 Å². The third-order valence-corrected chi connectivity index (χ3v) is 6.05. The maximum absolute atomic E-state index is 12.9. The van der Waals surface area contributed by atoms with Crippen molar-refractivity contribution >= 4 is 17.7 Å². The van der Waals surface area contributed by atoms with Crippen LogP contribution in [0.1, 0.15) is 53.3 Å². The minimum absolute atomic E-state index is 0.114. The molecule has 1 aliphatic heterocycles. The summed E-state index contributed by atoms with van der Waals surface area (Å²) in [7, 11) is 0. The van der Waals surface area contributed by atoms with Crippen molar-refractivity contribution in [3.63, 3.8) is 0 Å². The van der Waals surface area contributed by atoms with E-state index in [-0.39, 0.29) is 17.5 Å². The Labute approximate surface area is 164 Å². The summed E-state index contributed by atoms with van der Waals surface area (Å²) in [5.41, 5.74) is 4.93. The van der Waals surface area contributed by atoms with Gasteiger partial charge in [0.2, 0.25) is 5.91 Å². The van der Waals surface area contributed by atoms with Gasteiger partial charge in [-0.1, -0.05) is 30.0 Å². The van der Waals surface area contributed by atoms with Crippen molar-refractivity contribution in [1.29, 1.82) is 0 Å². The molecule has 0 radical (unpaired) electrons. The predicted molar refractivity (Wildman–Crippen MR) is 109 cm³/mol. The summed E-state index contributed by atoms with van der Waals surface area (Å²) in [4.78, 5) is 34.3. The molecule has 1 aromatic heterocycles. The van der Waals surface area contributed by atoms with Gasteiger partial charge < -0.3 is 9.88 Å². The van der Waals surface area contributed by atoms with Crippen molar-refractivity contribution in [2.45, 2.75) is 57.7 Å². The number of aromatic amines is 1. The Morgan fingerprint density at radius 1 is 1.30 bits per heavy atom. The van der Waals surface area contributed by atoms with Crippen LogP contribution in [0.3, 0.4) is 0 Å². The molecule has 0 saturated carbocycles. The van der Waals surface area contributed by atoms with Crippen LogP contribution in [0.4, 0.5) is 0 Å². The van der Waals surface area contributed by atoms with E-state index in [0.717, 1.165) is 19.4 Å². The Bertz CT molecular complexity index is 907. The fraction of sp³-hybridized carbons (Fsp3) is 0.476. The van der Waals surface area contributed by atoms with Crippen LogP contribution in [0.15, 0.2) is 28.2 Å². The average Bonchev–Trinajstić information content (AvgIpc) is 3.12. The van der Waals surface area contributed by atoms with Gasteiger partial charge >= 0.3 is 0 Å². The van der Waals surface area contributed by atoms with Gasteiger partial charge in [0.15, 0.2) is 5.16 Å². The Kier molecular flexibility index (Phi) is 6.05. The number of thioether (sulfide) groups is 1. The van der Waals surface area contributed by atoms with Crippen LogP contribution in [0.5, 0.6) is 0 Å². The van der Waals surface area contributed by atoms with Gasteiger partial charge in [-0.15, -0.1) is 0 Å². The van der Waals surface area contributed by atoms with Gasteiger partial charge in [0, 0.05) is 24.2 Å². The van der Waals surface area contributed by atoms with Gasteiger partial charge in [0.1, 0.15) is 0 Å². The molecule has 6 heteroatoms. The normalized spacial score (nSPS) is 16.7. The number of likely N-dealkylation sites (tertiary alicyclic amines) is 1. The Hall–Kier alpha value is -2.08. The number of carbonyl (C=O) groups is 1. The minimum atomic E-state index is -0.133. The van der Waals surface area contributed by atoms with Crippen molar-refractivity contribution in [2.24, 2.45) is 0 Å². The van der Waals surface area contributed by atoms with Gasteiger partial charge in [0.25, 0.3) is 5.56 Å². The lowest BCUT2D eigenvalue weighted by molar-refractivity contribution is -0.132. The SMILES string of the molecule is CSc1nc(C)c(CCC(=O)N2CCC[C@@H]2c2ccc(C)c(C)c2)c(=O)[nH]1. The molecule has 0 aliphatic carbocycles. The van der Waals surface area contributed by atoms with Crippen molar-refractivity contribution in [3.05, 3.63) is 56.5 Å². The lowest BCUT2D eigenvalue weighted by Crippen LogP contribution is -2.31. The molecule has 1 atom stereocenters. The first-order chi connectivity index (χ1) is 12.9. The largest absolute Gasteiger partial charge is 0.336 e. The van der Waals surface area contributed by atoms with Crippen LogP contribution in [0.2, 0.25) is 0 Å². The molecule has 1 amide bonds. The summed E-state index contributed by atoms with van der Waals surface area (Å²) in [6.45, 7) is 6.84. The number of amides is 1. The average molecular weight is 386 g/mol. The number of hydrogen-bond acceptors (Lipinski definition) is 4. The van der Waals surface area contributed by atoms with Gasteiger partial charge in [-0.2, -0.15) is 0 Å². The van der Waals surface area contributed by atoms with Gasteiger partial charge in [-0.05, 0) is 63.0 Å². The number of carbonyl (C=O) groups excluding carboxylic acids is 1. The molecule has 1 saturated heterocycles. The lowest BCUT2D eigenvalue weighted by atomic mass is 9.99. The number of benzene rings is 1. The predicted octanol–water partition coefficient (Wildman–Crippen LogP) is 3.71. The first-order valence-electron chi connectivity index (χ1n) is 9.41. The molecule has 0 bridgehead atoms. The summed E-state index contributed by atoms with van der Waals surface area (Å²) in [6.07, 6.45) is 4.66. The van der Waals surface area contributed by atoms with Gasteiger partial charge in [-0.25, -0.2) is 4.98 Å². The Morgan fingerprint density at radius 2 is 2.07 bits per heavy atom. The van der Waals surface area contributed by atoms with E-state index in [1.165, 1.54) is 28.5 Å². The number of nitrogens with zero attached hydrogens (tertiary/aromatic N) is 2. The highest BCUT2D eigenvalue weighted by Gasteiger charge is 2.30. The monoisotopic (exact) mass is 385 g/mol. The van der Waals surface area contributed by atoms with Crippen LogP contribution in [0, 0.1) is 20.8 Å². The fourth-order valence-electron chi connectivity index (χ4n) is 3.73. The van der Waals surface area contributed by atoms with E-state index < -0.39 is 0 Å². The Balaban J connectivity index is 1.72. The third kappa shape index (κ3) is 4.26. The maximum atomic E-state index is 12.9. The highest BCUT2D eigenvalue weighted by molar-refractivity contribution is 7.98. The molecule has 5 nitrogen and oxygen atoms in total. The van der Waals surface area contributed by atoms with Crippen molar-refractivity contribution in [1.82, 2.24) is 14.9 Å². The van der Waals surface area contributed by atoms with Crippen molar-refractivity contribution < 1.29 is 4.79 Å². The highest BCUT2D eigenvalue weighted by atomic mass is 32.2. The summed E-state index contributed by atoms with van der Waals surface area (Å²) < 4.78 is 0. The molecule has 27 heavy (non-hydrogen) atoms. The van der Waals surface area contributed by atoms with E-state index in [9.17, 15) is 9.59 Å². The molecule has 144 valence electrons. The molecule has 1 aliphatic rings. The van der Waals surface area contributed by atoms with Crippen molar-refractivity contribution in [3.8, 4) is 0 Å². The van der Waals surface area contributed by atoms with E-state index in [2.05, 4.69) is 42.0 Å². The third-order valence-electron chi connectivity index (χ3n) is 5.47. The van der Waals surface area contributed by atoms with Crippen LogP contribution >= 0.6 is 11.8 Å². The summed E-state index contributed by atoms with van der Waals surface area (Å²) in [5.74, 6) is 0.114. The number of hydrogen-bond donors (Lipinski definition) is 1. The molecule has 2 heterocycles. The number of nitrogens with one attached hydrogen (secondary N) is 1. The van der Waals surface area contributed by atoms with Crippen molar-refractivity contribution in [2.75, 3.05) is 12.8 Å². The van der Waals surface area contributed by atoms with Crippen LogP contribution < -0.4 is 5.56 Å². The maximum Gasteiger partial charge on any atom is 0.254 e. The highest BCUT2D eigenvalue weighted by Crippen LogP contribution is 2.33. The van der Waals surface area contributed by atoms with Crippen LogP contribution in [-0.2, 0) is 11.2 Å². The summed E-state index contributed by atoms with van der Waals surface area (Å²) >= 11 is 1.41. The lowest BCUT2D eigenvalue weighted by Gasteiger charge is -2.26. The molecule has 1 N–H and O–H groups in total. The van der Waals surface area contributed by atoms with E-state index in [1.807, 2.05) is 18.1 Å². The quantitative estimate of drug-likeness (QED) is 0.629. The number of aromatic nitrogens is 2. The molecule has 1 aromatic carbocycles. The molecule has 0 unspecified atom stereocenters. The summed E-state index contributed by atoms with van der Waals surface area (Å²) in [6, 6.07) is 6.62. The standard InChI is InChI=1S/C21H27N3O2S/c1-13-7-8-16(12-14(13)2)18-6-5-11-24(18)19(25)10-9-17-15(3)22-21(27-4)23-20(17)26/h7-8,12,18H,5-6,9-11H2,1-4H3,(H,22,23,26)/t18-/m1/s1. The number of rotatable bonds is 5. The van der Waals surface area contributed by atoms with Crippen LogP contribution in [-0.4, -0.2) is 33.6 Å². The Morgan fingerprint density at radius 3 is 2.74 bits per heavy atom. The van der Waals surface area contributed by atoms with E-state index >= 15 is 0 Å². The number of aryl methyl sites for hydroxylation is 3. The zero-order valence-electron chi connectivity index (χ0n) is 16.5. The van der Waals surface area contributed by atoms with E-state index in [4.69, 9.17) is 0 Å². The number of H-pyrrole nitrogens is 1. The topological polar surface area (TPSA) is 66.1 Å². The second-order valence-corrected chi connectivity index (χ2v) is 8.02. The second kappa shape index (κ2) is 8.30. The molecular weight excluding hydrogens is 358 g/mol. The second-order valence-electron chi connectivity index (χ2n) is 7.23. The fourth-order valence-corrected chi connectivity index (χ4v) is 4.16. The smallest absolute Gasteiger partial charge is 0.254 e. The summed E-state index contributed by atoms with van der Waals surface area (Å²) in [5, 5.41) is 0.613. The minimum Gasteiger partial charge on any atom is -0.336 e. The molecule has 0 spiro atoms. The zero-order chi connectivity index (χ0) is 19.6.